The summed E-state index contributed by atoms with van der Waals surface area (Å²) in [6, 6.07) is -0.795. The van der Waals surface area contributed by atoms with Crippen molar-refractivity contribution in [3.63, 3.8) is 0 Å². The minimum absolute atomic E-state index is 0.215. The van der Waals surface area contributed by atoms with E-state index in [2.05, 4.69) is 5.32 Å². The van der Waals surface area contributed by atoms with Crippen LogP contribution in [0.3, 0.4) is 0 Å². The lowest BCUT2D eigenvalue weighted by molar-refractivity contribution is -0.302. The highest BCUT2D eigenvalue weighted by atomic mass is 16.7. The number of nitrogens with one attached hydrogen (secondary N) is 1. The van der Waals surface area contributed by atoms with Gasteiger partial charge in [0.15, 0.2) is 6.29 Å². The van der Waals surface area contributed by atoms with E-state index >= 15 is 0 Å². The summed E-state index contributed by atoms with van der Waals surface area (Å²) in [5.74, 6) is -0.379. The maximum absolute atomic E-state index is 11.2. The molecule has 9 heteroatoms. The summed E-state index contributed by atoms with van der Waals surface area (Å²) in [5.41, 5.74) is 0. The highest BCUT2D eigenvalue weighted by Crippen LogP contribution is 2.22. The molecule has 0 aliphatic carbocycles. The van der Waals surface area contributed by atoms with Crippen LogP contribution in [0.2, 0.25) is 0 Å². The number of amides is 1. The number of hydrogen-bond acceptors (Lipinski definition) is 8. The van der Waals surface area contributed by atoms with Gasteiger partial charge in [0, 0.05) is 6.92 Å². The van der Waals surface area contributed by atoms with E-state index < -0.39 is 49.5 Å². The fourth-order valence-electron chi connectivity index (χ4n) is 2.22. The summed E-state index contributed by atoms with van der Waals surface area (Å²) in [6.45, 7) is 2.20. The van der Waals surface area contributed by atoms with Crippen molar-refractivity contribution in [1.29, 1.82) is 0 Å². The van der Waals surface area contributed by atoms with Crippen LogP contribution in [0.1, 0.15) is 13.8 Å². The zero-order valence-corrected chi connectivity index (χ0v) is 13.1. The fourth-order valence-corrected chi connectivity index (χ4v) is 2.22. The van der Waals surface area contributed by atoms with Crippen LogP contribution in [0.15, 0.2) is 12.2 Å². The summed E-state index contributed by atoms with van der Waals surface area (Å²) < 4.78 is 10.5. The van der Waals surface area contributed by atoms with Crippen LogP contribution in [-0.2, 0) is 14.3 Å². The summed E-state index contributed by atoms with van der Waals surface area (Å²) in [7, 11) is 0. The van der Waals surface area contributed by atoms with Crippen molar-refractivity contribution in [2.45, 2.75) is 56.7 Å². The van der Waals surface area contributed by atoms with Gasteiger partial charge in [0.1, 0.15) is 24.4 Å². The predicted molar refractivity (Wildman–Crippen MR) is 78.1 cm³/mol. The van der Waals surface area contributed by atoms with Gasteiger partial charge in [-0.05, 0) is 6.92 Å². The smallest absolute Gasteiger partial charge is 0.217 e. The van der Waals surface area contributed by atoms with Gasteiger partial charge < -0.3 is 40.3 Å². The lowest BCUT2D eigenvalue weighted by Gasteiger charge is -2.40. The van der Waals surface area contributed by atoms with Crippen molar-refractivity contribution in [2.24, 2.45) is 0 Å². The maximum Gasteiger partial charge on any atom is 0.217 e. The first-order valence-electron chi connectivity index (χ1n) is 7.31. The predicted octanol–water partition coefficient (Wildman–Crippen LogP) is -2.76. The number of carbonyl (C=O) groups is 1. The topological polar surface area (TPSA) is 149 Å². The Bertz CT molecular complexity index is 402. The van der Waals surface area contributed by atoms with Gasteiger partial charge in [-0.3, -0.25) is 4.79 Å². The molecule has 0 aromatic rings. The lowest BCUT2D eigenvalue weighted by Crippen LogP contribution is -2.60. The number of ether oxygens (including phenoxy) is 2. The second-order valence-electron chi connectivity index (χ2n) is 5.35. The molecule has 0 saturated carbocycles. The quantitative estimate of drug-likeness (QED) is 0.274. The molecule has 0 aromatic carbocycles. The largest absolute Gasteiger partial charge is 0.394 e. The third-order valence-corrected chi connectivity index (χ3v) is 3.48. The van der Waals surface area contributed by atoms with E-state index in [4.69, 9.17) is 14.6 Å². The Morgan fingerprint density at radius 1 is 1.30 bits per heavy atom. The molecule has 23 heavy (non-hydrogen) atoms. The van der Waals surface area contributed by atoms with Gasteiger partial charge in [0.05, 0.1) is 25.4 Å². The Hall–Kier alpha value is -1.07. The van der Waals surface area contributed by atoms with E-state index in [1.54, 1.807) is 13.0 Å². The van der Waals surface area contributed by atoms with E-state index in [0.717, 1.165) is 0 Å². The Morgan fingerprint density at radius 2 is 1.96 bits per heavy atom. The van der Waals surface area contributed by atoms with Crippen LogP contribution >= 0.6 is 0 Å². The molecule has 7 atom stereocenters. The van der Waals surface area contributed by atoms with E-state index in [-0.39, 0.29) is 12.5 Å². The second kappa shape index (κ2) is 9.28. The Morgan fingerprint density at radius 3 is 2.48 bits per heavy atom. The van der Waals surface area contributed by atoms with E-state index in [0.29, 0.717) is 0 Å². The summed E-state index contributed by atoms with van der Waals surface area (Å²) in [5, 5.41) is 50.7. The standard InChI is InChI=1S/C14H25NO8/c1-3-4-9(18)8(15-7(2)17)6-22-14-13(21)12(20)11(19)10(5-16)23-14/h3-4,8-14,16,18-21H,5-6H2,1-2H3,(H,15,17)/b4-3+/t8?,9?,10?,11-,12?,13+,14-/m1/s1. The molecule has 1 rings (SSSR count). The van der Waals surface area contributed by atoms with Crippen molar-refractivity contribution in [1.82, 2.24) is 5.32 Å². The van der Waals surface area contributed by atoms with Gasteiger partial charge >= 0.3 is 0 Å². The van der Waals surface area contributed by atoms with Crippen LogP contribution < -0.4 is 5.32 Å². The van der Waals surface area contributed by atoms with Gasteiger partial charge in [-0.2, -0.15) is 0 Å². The van der Waals surface area contributed by atoms with Crippen molar-refractivity contribution in [2.75, 3.05) is 13.2 Å². The van der Waals surface area contributed by atoms with Gasteiger partial charge in [-0.1, -0.05) is 12.2 Å². The molecule has 0 aromatic heterocycles. The van der Waals surface area contributed by atoms with E-state index in [1.807, 2.05) is 0 Å². The molecular formula is C14H25NO8. The molecule has 4 unspecified atom stereocenters. The van der Waals surface area contributed by atoms with Crippen molar-refractivity contribution in [3.05, 3.63) is 12.2 Å². The third-order valence-electron chi connectivity index (χ3n) is 3.48. The van der Waals surface area contributed by atoms with Gasteiger partial charge in [0.2, 0.25) is 5.91 Å². The highest BCUT2D eigenvalue weighted by Gasteiger charge is 2.44. The Kier molecular flexibility index (Phi) is 8.06. The Balaban J connectivity index is 2.69. The summed E-state index contributed by atoms with van der Waals surface area (Å²) in [6.07, 6.45) is -4.93. The minimum atomic E-state index is -1.55. The molecule has 134 valence electrons. The molecular weight excluding hydrogens is 310 g/mol. The van der Waals surface area contributed by atoms with Crippen LogP contribution in [0.4, 0.5) is 0 Å². The number of rotatable bonds is 7. The van der Waals surface area contributed by atoms with Gasteiger partial charge in [0.25, 0.3) is 0 Å². The van der Waals surface area contributed by atoms with Crippen LogP contribution in [0.25, 0.3) is 0 Å². The van der Waals surface area contributed by atoms with Gasteiger partial charge in [-0.15, -0.1) is 0 Å². The monoisotopic (exact) mass is 335 g/mol. The average Bonchev–Trinajstić information content (AvgIpc) is 2.50. The molecule has 1 amide bonds. The molecule has 1 saturated heterocycles. The highest BCUT2D eigenvalue weighted by molar-refractivity contribution is 5.73. The van der Waals surface area contributed by atoms with E-state index in [1.165, 1.54) is 13.0 Å². The zero-order chi connectivity index (χ0) is 17.6. The Labute approximate surface area is 134 Å². The molecule has 0 radical (unpaired) electrons. The molecule has 1 aliphatic heterocycles. The maximum atomic E-state index is 11.2. The first kappa shape index (κ1) is 20.0. The number of carbonyl (C=O) groups excluding carboxylic acids is 1. The summed E-state index contributed by atoms with van der Waals surface area (Å²) in [4.78, 5) is 11.2. The summed E-state index contributed by atoms with van der Waals surface area (Å²) >= 11 is 0. The molecule has 0 bridgehead atoms. The lowest BCUT2D eigenvalue weighted by atomic mass is 9.99. The average molecular weight is 335 g/mol. The van der Waals surface area contributed by atoms with Crippen LogP contribution in [-0.4, -0.2) is 87.5 Å². The fraction of sp³-hybridized carbons (Fsp3) is 0.786. The normalized spacial score (nSPS) is 34.3. The van der Waals surface area contributed by atoms with Crippen molar-refractivity contribution in [3.8, 4) is 0 Å². The number of hydrogen-bond donors (Lipinski definition) is 6. The number of aliphatic hydroxyl groups excluding tert-OH is 5. The first-order valence-corrected chi connectivity index (χ1v) is 7.31. The van der Waals surface area contributed by atoms with E-state index in [9.17, 15) is 25.2 Å². The molecule has 1 aliphatic rings. The SMILES string of the molecule is C/C=C/C(O)C(CO[C@@H]1OC(CO)[C@@H](O)C(O)[C@@H]1O)NC(C)=O. The molecule has 9 nitrogen and oxygen atoms in total. The second-order valence-corrected chi connectivity index (χ2v) is 5.35. The first-order chi connectivity index (χ1) is 10.8. The molecule has 0 spiro atoms. The molecule has 6 N–H and O–H groups in total. The van der Waals surface area contributed by atoms with Crippen LogP contribution in [0, 0.1) is 0 Å². The number of aliphatic hydroxyl groups is 5. The van der Waals surface area contributed by atoms with Crippen molar-refractivity contribution >= 4 is 5.91 Å². The third kappa shape index (κ3) is 5.50. The minimum Gasteiger partial charge on any atom is -0.394 e. The van der Waals surface area contributed by atoms with Gasteiger partial charge in [-0.25, -0.2) is 0 Å². The number of allylic oxidation sites excluding steroid dienone is 1. The molecule has 1 heterocycles. The van der Waals surface area contributed by atoms with Crippen LogP contribution in [0.5, 0.6) is 0 Å². The zero-order valence-electron chi connectivity index (χ0n) is 13.1. The van der Waals surface area contributed by atoms with Crippen molar-refractivity contribution < 1.29 is 39.8 Å². The molecule has 1 fully saturated rings.